The monoisotopic (exact) mass is 566 g/mol. The number of phenols is 2. The van der Waals surface area contributed by atoms with Crippen molar-refractivity contribution in [2.45, 2.75) is 13.8 Å². The van der Waals surface area contributed by atoms with Gasteiger partial charge in [-0.15, -0.1) is 0 Å². The highest BCUT2D eigenvalue weighted by Crippen LogP contribution is 2.22. The highest BCUT2D eigenvalue weighted by atomic mass is 127. The number of halogens is 4. The SMILES string of the molecule is Cc1cc(F)c(I)cc1O.Cc1cc(F)c(I)cc1O.O=C(O)O. The minimum atomic E-state index is -1.83. The van der Waals surface area contributed by atoms with Crippen molar-refractivity contribution in [2.24, 2.45) is 0 Å². The Hall–Kier alpha value is -1.37. The van der Waals surface area contributed by atoms with E-state index in [1.54, 1.807) is 13.8 Å². The van der Waals surface area contributed by atoms with E-state index in [0.717, 1.165) is 0 Å². The summed E-state index contributed by atoms with van der Waals surface area (Å²) in [4.78, 5) is 8.56. The van der Waals surface area contributed by atoms with Gasteiger partial charge in [0.2, 0.25) is 0 Å². The summed E-state index contributed by atoms with van der Waals surface area (Å²) in [6.07, 6.45) is -1.83. The summed E-state index contributed by atoms with van der Waals surface area (Å²) in [5, 5.41) is 32.1. The summed E-state index contributed by atoms with van der Waals surface area (Å²) in [6.45, 7) is 3.32. The van der Waals surface area contributed by atoms with Crippen LogP contribution in [0.2, 0.25) is 0 Å². The zero-order valence-electron chi connectivity index (χ0n) is 12.5. The molecule has 0 heterocycles. The van der Waals surface area contributed by atoms with E-state index in [1.807, 2.05) is 45.2 Å². The maximum atomic E-state index is 12.6. The van der Waals surface area contributed by atoms with E-state index in [-0.39, 0.29) is 23.1 Å². The fourth-order valence-corrected chi connectivity index (χ4v) is 2.17. The molecule has 0 aliphatic heterocycles. The van der Waals surface area contributed by atoms with Gasteiger partial charge in [-0.25, -0.2) is 13.6 Å². The quantitative estimate of drug-likeness (QED) is 0.333. The van der Waals surface area contributed by atoms with Gasteiger partial charge in [-0.2, -0.15) is 0 Å². The normalized spacial score (nSPS) is 9.25. The Morgan fingerprint density at radius 2 is 1.08 bits per heavy atom. The molecule has 0 saturated heterocycles. The van der Waals surface area contributed by atoms with E-state index in [1.165, 1.54) is 24.3 Å². The van der Waals surface area contributed by atoms with Crippen LogP contribution < -0.4 is 0 Å². The first kappa shape index (κ1) is 22.6. The van der Waals surface area contributed by atoms with Crippen LogP contribution in [0.4, 0.5) is 13.6 Å². The van der Waals surface area contributed by atoms with E-state index in [9.17, 15) is 8.78 Å². The minimum Gasteiger partial charge on any atom is -0.508 e. The zero-order chi connectivity index (χ0) is 19.0. The molecule has 2 rings (SSSR count). The summed E-state index contributed by atoms with van der Waals surface area (Å²) in [5.41, 5.74) is 1.14. The summed E-state index contributed by atoms with van der Waals surface area (Å²) in [7, 11) is 0. The van der Waals surface area contributed by atoms with E-state index < -0.39 is 6.16 Å². The van der Waals surface area contributed by atoms with Crippen LogP contribution in [0, 0.1) is 32.6 Å². The molecule has 5 nitrogen and oxygen atoms in total. The molecule has 0 spiro atoms. The molecule has 0 radical (unpaired) electrons. The Labute approximate surface area is 164 Å². The summed E-state index contributed by atoms with van der Waals surface area (Å²) in [6, 6.07) is 5.45. The van der Waals surface area contributed by atoms with Crippen molar-refractivity contribution in [3.8, 4) is 11.5 Å². The van der Waals surface area contributed by atoms with Gasteiger partial charge in [-0.1, -0.05) is 0 Å². The van der Waals surface area contributed by atoms with Crippen LogP contribution in [0.3, 0.4) is 0 Å². The first-order valence-electron chi connectivity index (χ1n) is 6.16. The molecule has 2 aromatic carbocycles. The smallest absolute Gasteiger partial charge is 0.503 e. The van der Waals surface area contributed by atoms with Gasteiger partial charge in [0, 0.05) is 0 Å². The molecule has 0 saturated carbocycles. The Morgan fingerprint density at radius 1 is 0.833 bits per heavy atom. The number of rotatable bonds is 0. The molecule has 9 heteroatoms. The van der Waals surface area contributed by atoms with Gasteiger partial charge in [0.15, 0.2) is 0 Å². The van der Waals surface area contributed by atoms with Crippen LogP contribution in [0.1, 0.15) is 11.1 Å². The Bertz CT molecular complexity index is 563. The fourth-order valence-electron chi connectivity index (χ4n) is 1.27. The van der Waals surface area contributed by atoms with E-state index in [2.05, 4.69) is 0 Å². The number of carboxylic acid groups (broad SMARTS) is 2. The topological polar surface area (TPSA) is 98.0 Å². The average Bonchev–Trinajstić information content (AvgIpc) is 2.43. The van der Waals surface area contributed by atoms with Gasteiger partial charge in [0.25, 0.3) is 0 Å². The van der Waals surface area contributed by atoms with Gasteiger partial charge in [0.05, 0.1) is 7.14 Å². The van der Waals surface area contributed by atoms with Gasteiger partial charge in [0.1, 0.15) is 23.1 Å². The molecule has 0 fully saturated rings. The second-order valence-electron chi connectivity index (χ2n) is 4.39. The maximum absolute atomic E-state index is 12.6. The van der Waals surface area contributed by atoms with Crippen LogP contribution in [-0.2, 0) is 0 Å². The van der Waals surface area contributed by atoms with Gasteiger partial charge in [-0.05, 0) is 94.4 Å². The van der Waals surface area contributed by atoms with Crippen LogP contribution >= 0.6 is 45.2 Å². The number of phenolic OH excluding ortho intramolecular Hbond substituents is 2. The lowest BCUT2D eigenvalue weighted by Crippen LogP contribution is -1.83. The Kier molecular flexibility index (Phi) is 9.89. The largest absolute Gasteiger partial charge is 0.508 e. The molecular weight excluding hydrogens is 552 g/mol. The molecule has 0 aliphatic rings. The first-order chi connectivity index (χ1) is 11.0. The van der Waals surface area contributed by atoms with Crippen molar-refractivity contribution in [3.05, 3.63) is 54.2 Å². The Morgan fingerprint density at radius 3 is 1.29 bits per heavy atom. The van der Waals surface area contributed by atoms with Crippen LogP contribution in [0.15, 0.2) is 24.3 Å². The summed E-state index contributed by atoms with van der Waals surface area (Å²) >= 11 is 3.66. The third kappa shape index (κ3) is 8.47. The lowest BCUT2D eigenvalue weighted by Gasteiger charge is -1.98. The molecule has 4 N–H and O–H groups in total. The van der Waals surface area contributed by atoms with E-state index in [4.69, 9.17) is 25.2 Å². The van der Waals surface area contributed by atoms with Crippen LogP contribution in [-0.4, -0.2) is 26.6 Å². The van der Waals surface area contributed by atoms with Crippen molar-refractivity contribution >= 4 is 51.3 Å². The second-order valence-corrected chi connectivity index (χ2v) is 6.71. The van der Waals surface area contributed by atoms with Crippen molar-refractivity contribution in [1.82, 2.24) is 0 Å². The average molecular weight is 566 g/mol. The predicted molar refractivity (Wildman–Crippen MR) is 102 cm³/mol. The molecule has 0 unspecified atom stereocenters. The number of hydrogen-bond acceptors (Lipinski definition) is 3. The molecule has 24 heavy (non-hydrogen) atoms. The Balaban J connectivity index is 0.000000363. The molecule has 132 valence electrons. The molecule has 2 aromatic rings. The van der Waals surface area contributed by atoms with Gasteiger partial charge >= 0.3 is 6.16 Å². The number of aromatic hydroxyl groups is 2. The molecule has 0 aliphatic carbocycles. The van der Waals surface area contributed by atoms with Crippen LogP contribution in [0.5, 0.6) is 11.5 Å². The molecule has 0 bridgehead atoms. The number of hydrogen-bond donors (Lipinski definition) is 4. The van der Waals surface area contributed by atoms with Gasteiger partial charge < -0.3 is 20.4 Å². The number of benzene rings is 2. The molecule has 0 amide bonds. The highest BCUT2D eigenvalue weighted by Gasteiger charge is 2.02. The standard InChI is InChI=1S/2C7H6FIO.CH2O3/c2*1-4-2-5(8)6(9)3-7(4)10;2-1(3)4/h2*2-3,10H,1H3;(H2,2,3,4). The minimum absolute atomic E-state index is 0.144. The van der Waals surface area contributed by atoms with E-state index in [0.29, 0.717) is 18.3 Å². The van der Waals surface area contributed by atoms with Crippen molar-refractivity contribution in [1.29, 1.82) is 0 Å². The van der Waals surface area contributed by atoms with E-state index >= 15 is 0 Å². The van der Waals surface area contributed by atoms with Crippen molar-refractivity contribution < 1.29 is 34.0 Å². The zero-order valence-corrected chi connectivity index (χ0v) is 16.8. The third-order valence-electron chi connectivity index (χ3n) is 2.48. The second kappa shape index (κ2) is 10.5. The molecular formula is C15H14F2I2O5. The third-order valence-corrected chi connectivity index (χ3v) is 4.13. The molecule has 0 aromatic heterocycles. The maximum Gasteiger partial charge on any atom is 0.503 e. The predicted octanol–water partition coefficient (Wildman–Crippen LogP) is 5.11. The lowest BCUT2D eigenvalue weighted by atomic mass is 10.2. The lowest BCUT2D eigenvalue weighted by molar-refractivity contribution is 0.137. The van der Waals surface area contributed by atoms with Crippen molar-refractivity contribution in [2.75, 3.05) is 0 Å². The fraction of sp³-hybridized carbons (Fsp3) is 0.133. The molecule has 0 atom stereocenters. The number of carbonyl (C=O) groups is 1. The van der Waals surface area contributed by atoms with Gasteiger partial charge in [-0.3, -0.25) is 0 Å². The highest BCUT2D eigenvalue weighted by molar-refractivity contribution is 14.1. The summed E-state index contributed by atoms with van der Waals surface area (Å²) in [5.74, 6) is -0.275. The summed E-state index contributed by atoms with van der Waals surface area (Å²) < 4.78 is 26.2. The number of aryl methyl sites for hydroxylation is 2. The first-order valence-corrected chi connectivity index (χ1v) is 8.32. The van der Waals surface area contributed by atoms with Crippen molar-refractivity contribution in [3.63, 3.8) is 0 Å². The van der Waals surface area contributed by atoms with Crippen LogP contribution in [0.25, 0.3) is 0 Å².